The van der Waals surface area contributed by atoms with E-state index in [4.69, 9.17) is 14.9 Å². The molecule has 0 N–H and O–H groups in total. The molecule has 17 heteroatoms. The first kappa shape index (κ1) is 46.9. The van der Waals surface area contributed by atoms with Crippen LogP contribution in [0.4, 0.5) is 8.78 Å². The maximum atomic E-state index is 13.3. The topological polar surface area (TPSA) is 140 Å². The number of esters is 1. The summed E-state index contributed by atoms with van der Waals surface area (Å²) < 4.78 is 39.1. The van der Waals surface area contributed by atoms with Gasteiger partial charge in [-0.1, -0.05) is 110 Å². The summed E-state index contributed by atoms with van der Waals surface area (Å²) in [7, 11) is 3.75. The average molecular weight is 875 g/mol. The van der Waals surface area contributed by atoms with E-state index in [9.17, 15) is 18.4 Å². The van der Waals surface area contributed by atoms with Gasteiger partial charge in [0.05, 0.1) is 42.6 Å². The van der Waals surface area contributed by atoms with E-state index in [1.165, 1.54) is 47.8 Å². The molecule has 2 aromatic carbocycles. The Labute approximate surface area is 365 Å². The predicted molar refractivity (Wildman–Crippen MR) is 235 cm³/mol. The highest BCUT2D eigenvalue weighted by Crippen LogP contribution is 2.31. The molecule has 0 spiro atoms. The number of carbonyl (C=O) groups is 2. The number of carbonyl (C=O) groups excluding carboxylic acids is 2. The highest BCUT2D eigenvalue weighted by Gasteiger charge is 2.27. The molecule has 6 aromatic rings. The van der Waals surface area contributed by atoms with Crippen LogP contribution >= 0.6 is 23.5 Å². The van der Waals surface area contributed by atoms with Crippen LogP contribution < -0.4 is 0 Å². The number of thioether (sulfide) groups is 2. The Morgan fingerprint density at radius 3 is 1.38 bits per heavy atom. The van der Waals surface area contributed by atoms with Crippen molar-refractivity contribution >= 4 is 35.3 Å². The second-order valence-electron chi connectivity index (χ2n) is 17.7. The van der Waals surface area contributed by atoms with E-state index in [2.05, 4.69) is 61.9 Å². The van der Waals surface area contributed by atoms with E-state index in [0.29, 0.717) is 47.4 Å². The zero-order chi connectivity index (χ0) is 44.9. The van der Waals surface area contributed by atoms with Gasteiger partial charge in [-0.2, -0.15) is 10.2 Å². The average Bonchev–Trinajstić information content (AvgIpc) is 3.97. The monoisotopic (exact) mass is 874 g/mol. The zero-order valence-electron chi connectivity index (χ0n) is 37.1. The molecular weight excluding hydrogens is 819 g/mol. The van der Waals surface area contributed by atoms with Gasteiger partial charge in [-0.05, 0) is 54.4 Å². The Morgan fingerprint density at radius 2 is 1.02 bits per heavy atom. The molecule has 0 unspecified atom stereocenters. The fourth-order valence-corrected chi connectivity index (χ4v) is 7.47. The van der Waals surface area contributed by atoms with Crippen molar-refractivity contribution < 1.29 is 23.1 Å². The molecule has 0 fully saturated rings. The maximum Gasteiger partial charge on any atom is 0.316 e. The van der Waals surface area contributed by atoms with Gasteiger partial charge in [0.25, 0.3) is 0 Å². The van der Waals surface area contributed by atoms with Gasteiger partial charge in [-0.15, -0.1) is 20.4 Å². The van der Waals surface area contributed by atoms with Gasteiger partial charge < -0.3 is 13.9 Å². The lowest BCUT2D eigenvalue weighted by atomic mass is 9.92. The van der Waals surface area contributed by atoms with E-state index < -0.39 is 0 Å². The molecule has 0 radical (unpaired) electrons. The molecule has 13 nitrogen and oxygen atoms in total. The fourth-order valence-electron chi connectivity index (χ4n) is 5.69. The normalized spacial score (nSPS) is 12.0. The fraction of sp³-hybridized carbons (Fsp3) is 0.455. The lowest BCUT2D eigenvalue weighted by Crippen LogP contribution is -2.22. The Kier molecular flexibility index (Phi) is 14.8. The summed E-state index contributed by atoms with van der Waals surface area (Å²) >= 11 is 2.67. The molecule has 0 amide bonds. The minimum absolute atomic E-state index is 0.141. The van der Waals surface area contributed by atoms with Crippen molar-refractivity contribution in [2.45, 2.75) is 103 Å². The molecular formula is C44H56F2N10O3S2. The van der Waals surface area contributed by atoms with Gasteiger partial charge in [0.2, 0.25) is 0 Å². The van der Waals surface area contributed by atoms with Crippen LogP contribution in [0.1, 0.15) is 91.8 Å². The molecule has 4 aromatic heterocycles. The van der Waals surface area contributed by atoms with Crippen molar-refractivity contribution in [2.24, 2.45) is 19.5 Å². The second kappa shape index (κ2) is 19.3. The van der Waals surface area contributed by atoms with Crippen molar-refractivity contribution in [3.8, 4) is 23.0 Å². The number of halogens is 2. The number of benzene rings is 2. The number of hydrogen-bond donors (Lipinski definition) is 0. The maximum absolute atomic E-state index is 13.3. The Morgan fingerprint density at radius 1 is 0.623 bits per heavy atom. The van der Waals surface area contributed by atoms with E-state index in [1.807, 2.05) is 65.5 Å². The van der Waals surface area contributed by atoms with Gasteiger partial charge in [-0.25, -0.2) is 8.78 Å². The number of ketones is 1. The molecule has 0 aliphatic rings. The van der Waals surface area contributed by atoms with Gasteiger partial charge in [-0.3, -0.25) is 19.0 Å². The van der Waals surface area contributed by atoms with Crippen LogP contribution in [0.15, 0.2) is 71.0 Å². The van der Waals surface area contributed by atoms with Crippen LogP contribution in [0.25, 0.3) is 23.0 Å². The summed E-state index contributed by atoms with van der Waals surface area (Å²) in [5.41, 5.74) is 4.69. The lowest BCUT2D eigenvalue weighted by molar-refractivity contribution is -0.139. The molecule has 0 aliphatic heterocycles. The van der Waals surface area contributed by atoms with E-state index in [1.54, 1.807) is 31.2 Å². The summed E-state index contributed by atoms with van der Waals surface area (Å²) in [5.74, 6) is 1.18. The van der Waals surface area contributed by atoms with Crippen LogP contribution in [0.5, 0.6) is 0 Å². The summed E-state index contributed by atoms with van der Waals surface area (Å²) in [5, 5.41) is 28.2. The van der Waals surface area contributed by atoms with Crippen molar-refractivity contribution in [1.82, 2.24) is 49.1 Å². The molecule has 326 valence electrons. The number of rotatable bonds is 13. The van der Waals surface area contributed by atoms with Crippen molar-refractivity contribution in [3.05, 3.63) is 94.8 Å². The minimum atomic E-state index is -0.385. The zero-order valence-corrected chi connectivity index (χ0v) is 38.7. The van der Waals surface area contributed by atoms with Crippen molar-refractivity contribution in [3.63, 3.8) is 0 Å². The van der Waals surface area contributed by atoms with Gasteiger partial charge in [0.1, 0.15) is 28.8 Å². The van der Waals surface area contributed by atoms with Gasteiger partial charge in [0.15, 0.2) is 22.0 Å². The van der Waals surface area contributed by atoms with Crippen LogP contribution in [0.3, 0.4) is 0 Å². The smallest absolute Gasteiger partial charge is 0.316 e. The molecule has 6 rings (SSSR count). The number of hydrogen-bond acceptors (Lipinski definition) is 11. The summed E-state index contributed by atoms with van der Waals surface area (Å²) in [6, 6.07) is 16.8. The van der Waals surface area contributed by atoms with E-state index >= 15 is 0 Å². The number of nitrogens with zero attached hydrogens (tertiary/aromatic N) is 10. The molecule has 0 saturated heterocycles. The Bertz CT molecular complexity index is 2430. The third kappa shape index (κ3) is 12.2. The van der Waals surface area contributed by atoms with Crippen LogP contribution in [0.2, 0.25) is 0 Å². The molecule has 0 saturated carbocycles. The SMILES string of the molecule is CCOC(=O)CSc1nnc(-c2cc(C(C)(C)C)nn2Cc2ccc(F)cc2)n1C.Cn1c(SCC(=O)C(C)(C)C)nnc1-c1cc(C(C)(C)C)nn1Cc1ccc(F)cc1. The largest absolute Gasteiger partial charge is 0.465 e. The highest BCUT2D eigenvalue weighted by atomic mass is 32.2. The van der Waals surface area contributed by atoms with Crippen LogP contribution in [-0.4, -0.2) is 79.0 Å². The highest BCUT2D eigenvalue weighted by molar-refractivity contribution is 8.00. The minimum Gasteiger partial charge on any atom is -0.465 e. The van der Waals surface area contributed by atoms with Gasteiger partial charge in [0, 0.05) is 30.3 Å². The van der Waals surface area contributed by atoms with E-state index in [0.717, 1.165) is 33.9 Å². The molecule has 61 heavy (non-hydrogen) atoms. The number of Topliss-reactive ketones (excluding diaryl/α,β-unsaturated/α-hetero) is 1. The van der Waals surface area contributed by atoms with Gasteiger partial charge >= 0.3 is 5.97 Å². The molecule has 0 bridgehead atoms. The number of ether oxygens (including phenoxy) is 1. The summed E-state index contributed by atoms with van der Waals surface area (Å²) in [6.45, 7) is 21.5. The Balaban J connectivity index is 0.000000231. The third-order valence-corrected chi connectivity index (χ3v) is 11.5. The summed E-state index contributed by atoms with van der Waals surface area (Å²) in [4.78, 5) is 24.0. The first-order chi connectivity index (χ1) is 28.5. The number of aromatic nitrogens is 10. The predicted octanol–water partition coefficient (Wildman–Crippen LogP) is 8.69. The molecule has 0 atom stereocenters. The third-order valence-electron chi connectivity index (χ3n) is 9.51. The van der Waals surface area contributed by atoms with Crippen molar-refractivity contribution in [2.75, 3.05) is 18.1 Å². The van der Waals surface area contributed by atoms with E-state index in [-0.39, 0.29) is 45.4 Å². The second-order valence-corrected chi connectivity index (χ2v) is 19.6. The molecule has 0 aliphatic carbocycles. The molecule has 4 heterocycles. The first-order valence-corrected chi connectivity index (χ1v) is 21.9. The summed E-state index contributed by atoms with van der Waals surface area (Å²) in [6.07, 6.45) is 0. The first-order valence-electron chi connectivity index (χ1n) is 19.9. The Hall–Kier alpha value is -5.16. The van der Waals surface area contributed by atoms with Crippen LogP contribution in [0, 0.1) is 17.0 Å². The standard InChI is InChI=1S/C23H30FN5OS.C21H26FN5O2S/c1-22(2,3)18-12-17(29(27-18)13-15-8-10-16(24)11-9-15)20-25-26-21(28(20)7)31-14-19(30)23(4,5)6;1-6-29-18(28)13-30-20-24-23-19(26(20)5)16-11-17(21(2,3)4)25-27(16)12-14-7-9-15(22)10-8-14/h8-12H,13-14H2,1-7H3;7-11H,6,12-13H2,1-5H3. The van der Waals surface area contributed by atoms with Crippen LogP contribution in [-0.2, 0) is 52.3 Å². The van der Waals surface area contributed by atoms with Crippen molar-refractivity contribution in [1.29, 1.82) is 0 Å². The quantitative estimate of drug-likeness (QED) is 0.0813. The lowest BCUT2D eigenvalue weighted by Gasteiger charge is -2.15.